The highest BCUT2D eigenvalue weighted by molar-refractivity contribution is 9.10. The molecule has 0 spiro atoms. The van der Waals surface area contributed by atoms with Crippen LogP contribution in [0, 0.1) is 0 Å². The number of methoxy groups -OCH3 is 1. The smallest absolute Gasteiger partial charge is 0.170 e. The molecule has 0 bridgehead atoms. The van der Waals surface area contributed by atoms with E-state index in [0.29, 0.717) is 18.2 Å². The molecule has 1 aromatic carbocycles. The second-order valence-corrected chi connectivity index (χ2v) is 5.06. The molecule has 0 aliphatic heterocycles. The average Bonchev–Trinajstić information content (AvgIpc) is 2.83. The maximum Gasteiger partial charge on any atom is 0.170 e. The molecule has 0 radical (unpaired) electrons. The van der Waals surface area contributed by atoms with Gasteiger partial charge in [0.1, 0.15) is 0 Å². The van der Waals surface area contributed by atoms with Crippen molar-refractivity contribution in [3.8, 4) is 5.69 Å². The van der Waals surface area contributed by atoms with Gasteiger partial charge in [0, 0.05) is 23.1 Å². The highest BCUT2D eigenvalue weighted by atomic mass is 79.9. The van der Waals surface area contributed by atoms with Gasteiger partial charge in [-0.05, 0) is 44.6 Å². The van der Waals surface area contributed by atoms with Gasteiger partial charge in [-0.25, -0.2) is 0 Å². The first-order valence-electron chi connectivity index (χ1n) is 5.64. The van der Waals surface area contributed by atoms with Crippen LogP contribution in [0.2, 0.25) is 5.02 Å². The zero-order chi connectivity index (χ0) is 13.7. The summed E-state index contributed by atoms with van der Waals surface area (Å²) in [7, 11) is 1.66. The van der Waals surface area contributed by atoms with Gasteiger partial charge in [0.15, 0.2) is 5.82 Å². The minimum atomic E-state index is 0.561. The number of hydrogen-bond acceptors (Lipinski definition) is 5. The second kappa shape index (κ2) is 6.95. The van der Waals surface area contributed by atoms with E-state index in [1.807, 2.05) is 6.07 Å². The van der Waals surface area contributed by atoms with Crippen LogP contribution in [-0.4, -0.2) is 40.5 Å². The van der Waals surface area contributed by atoms with E-state index in [4.69, 9.17) is 16.3 Å². The summed E-state index contributed by atoms with van der Waals surface area (Å²) in [6, 6.07) is 5.47. The summed E-state index contributed by atoms with van der Waals surface area (Å²) in [5, 5.41) is 15.5. The third-order valence-corrected chi connectivity index (χ3v) is 3.31. The van der Waals surface area contributed by atoms with E-state index in [-0.39, 0.29) is 0 Å². The minimum Gasteiger partial charge on any atom is -0.383 e. The SMILES string of the molecule is COCCNCc1nnnn1-c1ccc(Cl)cc1Br. The van der Waals surface area contributed by atoms with Crippen LogP contribution in [0.4, 0.5) is 0 Å². The van der Waals surface area contributed by atoms with Crippen molar-refractivity contribution in [2.24, 2.45) is 0 Å². The lowest BCUT2D eigenvalue weighted by atomic mass is 10.3. The van der Waals surface area contributed by atoms with Crippen LogP contribution in [0.3, 0.4) is 0 Å². The summed E-state index contributed by atoms with van der Waals surface area (Å²) in [4.78, 5) is 0. The molecule has 0 aliphatic carbocycles. The third kappa shape index (κ3) is 3.73. The lowest BCUT2D eigenvalue weighted by Gasteiger charge is -2.07. The van der Waals surface area contributed by atoms with Gasteiger partial charge in [0.25, 0.3) is 0 Å². The summed E-state index contributed by atoms with van der Waals surface area (Å²) in [5.41, 5.74) is 0.845. The van der Waals surface area contributed by atoms with Crippen LogP contribution < -0.4 is 5.32 Å². The van der Waals surface area contributed by atoms with Crippen LogP contribution in [0.5, 0.6) is 0 Å². The van der Waals surface area contributed by atoms with E-state index in [0.717, 1.165) is 22.5 Å². The van der Waals surface area contributed by atoms with E-state index >= 15 is 0 Å². The van der Waals surface area contributed by atoms with Crippen molar-refractivity contribution in [3.05, 3.63) is 33.5 Å². The van der Waals surface area contributed by atoms with Gasteiger partial charge in [-0.1, -0.05) is 11.6 Å². The van der Waals surface area contributed by atoms with Crippen molar-refractivity contribution in [2.45, 2.75) is 6.54 Å². The molecule has 2 rings (SSSR count). The number of aromatic nitrogens is 4. The fraction of sp³-hybridized carbons (Fsp3) is 0.364. The van der Waals surface area contributed by atoms with Crippen molar-refractivity contribution < 1.29 is 4.74 Å². The predicted octanol–water partition coefficient (Wildman–Crippen LogP) is 1.81. The molecule has 2 aromatic rings. The predicted molar refractivity (Wildman–Crippen MR) is 75.4 cm³/mol. The number of nitrogens with zero attached hydrogens (tertiary/aromatic N) is 4. The second-order valence-electron chi connectivity index (χ2n) is 3.77. The van der Waals surface area contributed by atoms with Gasteiger partial charge in [-0.2, -0.15) is 4.68 Å². The zero-order valence-corrected chi connectivity index (χ0v) is 12.6. The molecule has 0 fully saturated rings. The number of benzene rings is 1. The first-order valence-corrected chi connectivity index (χ1v) is 6.82. The van der Waals surface area contributed by atoms with Gasteiger partial charge >= 0.3 is 0 Å². The van der Waals surface area contributed by atoms with Crippen molar-refractivity contribution in [1.82, 2.24) is 25.5 Å². The number of nitrogens with one attached hydrogen (secondary N) is 1. The topological polar surface area (TPSA) is 64.9 Å². The van der Waals surface area contributed by atoms with Gasteiger partial charge < -0.3 is 10.1 Å². The Bertz CT molecular complexity index is 548. The highest BCUT2D eigenvalue weighted by Gasteiger charge is 2.10. The Morgan fingerprint density at radius 2 is 2.32 bits per heavy atom. The van der Waals surface area contributed by atoms with Crippen molar-refractivity contribution in [2.75, 3.05) is 20.3 Å². The molecule has 0 unspecified atom stereocenters. The first kappa shape index (κ1) is 14.4. The Morgan fingerprint density at radius 3 is 3.05 bits per heavy atom. The zero-order valence-electron chi connectivity index (χ0n) is 10.3. The maximum atomic E-state index is 5.92. The third-order valence-electron chi connectivity index (χ3n) is 2.44. The summed E-state index contributed by atoms with van der Waals surface area (Å²) in [5.74, 6) is 0.721. The Morgan fingerprint density at radius 1 is 1.47 bits per heavy atom. The standard InChI is InChI=1S/C11H13BrClN5O/c1-19-5-4-14-7-11-15-16-17-18(11)10-3-2-8(13)6-9(10)12/h2-3,6,14H,4-5,7H2,1H3. The molecule has 0 saturated carbocycles. The maximum absolute atomic E-state index is 5.92. The summed E-state index contributed by atoms with van der Waals surface area (Å²) >= 11 is 9.37. The van der Waals surface area contributed by atoms with E-state index in [9.17, 15) is 0 Å². The molecule has 1 aromatic heterocycles. The normalized spacial score (nSPS) is 10.9. The Labute approximate surface area is 124 Å². The molecule has 1 heterocycles. The van der Waals surface area contributed by atoms with Crippen molar-refractivity contribution >= 4 is 27.5 Å². The summed E-state index contributed by atoms with van der Waals surface area (Å²) in [6.07, 6.45) is 0. The Hall–Kier alpha value is -1.02. The number of tetrazole rings is 1. The molecular weight excluding hydrogens is 334 g/mol. The largest absolute Gasteiger partial charge is 0.383 e. The summed E-state index contributed by atoms with van der Waals surface area (Å²) in [6.45, 7) is 1.95. The molecule has 0 atom stereocenters. The molecule has 19 heavy (non-hydrogen) atoms. The average molecular weight is 347 g/mol. The van der Waals surface area contributed by atoms with Gasteiger partial charge in [0.2, 0.25) is 0 Å². The summed E-state index contributed by atoms with van der Waals surface area (Å²) < 4.78 is 7.47. The fourth-order valence-corrected chi connectivity index (χ4v) is 2.38. The number of ether oxygens (including phenoxy) is 1. The van der Waals surface area contributed by atoms with Crippen molar-refractivity contribution in [1.29, 1.82) is 0 Å². The van der Waals surface area contributed by atoms with Gasteiger partial charge in [-0.15, -0.1) is 5.10 Å². The number of hydrogen-bond donors (Lipinski definition) is 1. The number of rotatable bonds is 6. The molecule has 102 valence electrons. The molecule has 6 nitrogen and oxygen atoms in total. The quantitative estimate of drug-likeness (QED) is 0.808. The van der Waals surface area contributed by atoms with E-state index in [2.05, 4.69) is 36.8 Å². The highest BCUT2D eigenvalue weighted by Crippen LogP contribution is 2.24. The molecular formula is C11H13BrClN5O. The minimum absolute atomic E-state index is 0.561. The van der Waals surface area contributed by atoms with Crippen LogP contribution in [0.1, 0.15) is 5.82 Å². The molecule has 0 amide bonds. The molecule has 8 heteroatoms. The molecule has 0 saturated heterocycles. The Kier molecular flexibility index (Phi) is 5.26. The first-order chi connectivity index (χ1) is 9.22. The van der Waals surface area contributed by atoms with Gasteiger partial charge in [-0.3, -0.25) is 0 Å². The fourth-order valence-electron chi connectivity index (χ4n) is 1.53. The molecule has 1 N–H and O–H groups in total. The Balaban J connectivity index is 2.14. The van der Waals surface area contributed by atoms with Crippen LogP contribution in [0.25, 0.3) is 5.69 Å². The van der Waals surface area contributed by atoms with Crippen LogP contribution >= 0.6 is 27.5 Å². The van der Waals surface area contributed by atoms with E-state index in [1.54, 1.807) is 23.9 Å². The van der Waals surface area contributed by atoms with Crippen molar-refractivity contribution in [3.63, 3.8) is 0 Å². The lowest BCUT2D eigenvalue weighted by Crippen LogP contribution is -2.21. The number of halogens is 2. The molecule has 0 aliphatic rings. The van der Waals surface area contributed by atoms with E-state index < -0.39 is 0 Å². The monoisotopic (exact) mass is 345 g/mol. The van der Waals surface area contributed by atoms with Gasteiger partial charge in [0.05, 0.1) is 18.8 Å². The van der Waals surface area contributed by atoms with E-state index in [1.165, 1.54) is 0 Å². The van der Waals surface area contributed by atoms with Crippen LogP contribution in [-0.2, 0) is 11.3 Å². The van der Waals surface area contributed by atoms with Crippen LogP contribution in [0.15, 0.2) is 22.7 Å². The lowest BCUT2D eigenvalue weighted by molar-refractivity contribution is 0.199.